The molecule has 0 saturated heterocycles. The number of rotatable bonds is 6. The zero-order valence-corrected chi connectivity index (χ0v) is 14.3. The van der Waals surface area contributed by atoms with Gasteiger partial charge in [-0.05, 0) is 30.3 Å². The Hall–Kier alpha value is -3.33. The van der Waals surface area contributed by atoms with Crippen molar-refractivity contribution < 1.29 is 24.0 Å². The molecule has 0 aromatic heterocycles. The molecule has 2 aromatic carbocycles. The number of nitro benzene ring substituents is 1. The number of hydrogen-bond donors (Lipinski definition) is 2. The summed E-state index contributed by atoms with van der Waals surface area (Å²) >= 11 is 5.84. The zero-order valence-electron chi connectivity index (χ0n) is 13.5. The molecular formula is C16H14ClN3O6. The molecule has 0 spiro atoms. The number of amides is 2. The highest BCUT2D eigenvalue weighted by atomic mass is 35.5. The van der Waals surface area contributed by atoms with Gasteiger partial charge in [0.2, 0.25) is 0 Å². The summed E-state index contributed by atoms with van der Waals surface area (Å²) in [6.45, 7) is -0.398. The summed E-state index contributed by atoms with van der Waals surface area (Å²) in [6.07, 6.45) is 0. The first-order chi connectivity index (χ1) is 12.4. The van der Waals surface area contributed by atoms with Crippen LogP contribution in [0, 0.1) is 10.1 Å². The number of hydrazine groups is 1. The lowest BCUT2D eigenvalue weighted by Gasteiger charge is -2.11. The number of benzene rings is 2. The van der Waals surface area contributed by atoms with Gasteiger partial charge in [-0.1, -0.05) is 11.6 Å². The fourth-order valence-corrected chi connectivity index (χ4v) is 2.07. The van der Waals surface area contributed by atoms with Gasteiger partial charge in [0, 0.05) is 17.2 Å². The van der Waals surface area contributed by atoms with E-state index in [1.54, 1.807) is 6.07 Å². The maximum atomic E-state index is 12.1. The van der Waals surface area contributed by atoms with Gasteiger partial charge in [-0.3, -0.25) is 30.6 Å². The Bertz CT molecular complexity index is 825. The molecule has 0 aliphatic rings. The average Bonchev–Trinajstić information content (AvgIpc) is 2.64. The SMILES string of the molecule is COc1ccc(Cl)cc1C(=O)NNC(=O)COc1ccc([N+](=O)[O-])cc1. The maximum absolute atomic E-state index is 12.1. The Balaban J connectivity index is 1.86. The first-order valence-corrected chi connectivity index (χ1v) is 7.58. The minimum Gasteiger partial charge on any atom is -0.496 e. The molecule has 0 unspecified atom stereocenters. The molecule has 2 rings (SSSR count). The van der Waals surface area contributed by atoms with Crippen LogP contribution < -0.4 is 20.3 Å². The second-order valence-electron chi connectivity index (χ2n) is 4.89. The van der Waals surface area contributed by atoms with Crippen LogP contribution in [-0.4, -0.2) is 30.5 Å². The molecule has 2 N–H and O–H groups in total. The third-order valence-corrected chi connectivity index (χ3v) is 3.37. The number of carbonyl (C=O) groups is 2. The summed E-state index contributed by atoms with van der Waals surface area (Å²) < 4.78 is 10.2. The van der Waals surface area contributed by atoms with E-state index in [2.05, 4.69) is 10.9 Å². The number of nitro groups is 1. The number of nitrogens with zero attached hydrogens (tertiary/aromatic N) is 1. The van der Waals surface area contributed by atoms with Crippen LogP contribution in [0.15, 0.2) is 42.5 Å². The highest BCUT2D eigenvalue weighted by Gasteiger charge is 2.14. The number of hydrogen-bond acceptors (Lipinski definition) is 6. The molecule has 0 saturated carbocycles. The summed E-state index contributed by atoms with van der Waals surface area (Å²) in [5.41, 5.74) is 4.45. The summed E-state index contributed by atoms with van der Waals surface area (Å²) in [6, 6.07) is 9.71. The molecule has 2 aromatic rings. The van der Waals surface area contributed by atoms with E-state index in [4.69, 9.17) is 21.1 Å². The predicted octanol–water partition coefficient (Wildman–Crippen LogP) is 2.10. The lowest BCUT2D eigenvalue weighted by atomic mass is 10.2. The number of ether oxygens (including phenoxy) is 2. The molecule has 136 valence electrons. The molecule has 2 amide bonds. The van der Waals surface area contributed by atoms with Crippen LogP contribution in [0.2, 0.25) is 5.02 Å². The average molecular weight is 380 g/mol. The van der Waals surface area contributed by atoms with E-state index in [-0.39, 0.29) is 17.0 Å². The maximum Gasteiger partial charge on any atom is 0.276 e. The monoisotopic (exact) mass is 379 g/mol. The molecule has 0 fully saturated rings. The molecule has 0 radical (unpaired) electrons. The topological polar surface area (TPSA) is 120 Å². The van der Waals surface area contributed by atoms with Gasteiger partial charge in [-0.25, -0.2) is 0 Å². The van der Waals surface area contributed by atoms with E-state index >= 15 is 0 Å². The van der Waals surface area contributed by atoms with Gasteiger partial charge in [-0.15, -0.1) is 0 Å². The van der Waals surface area contributed by atoms with Crippen molar-refractivity contribution in [1.82, 2.24) is 10.9 Å². The van der Waals surface area contributed by atoms with Crippen LogP contribution in [0.1, 0.15) is 10.4 Å². The summed E-state index contributed by atoms with van der Waals surface area (Å²) in [5.74, 6) is -0.678. The van der Waals surface area contributed by atoms with Gasteiger partial charge in [0.15, 0.2) is 6.61 Å². The fraction of sp³-hybridized carbons (Fsp3) is 0.125. The lowest BCUT2D eigenvalue weighted by molar-refractivity contribution is -0.384. The van der Waals surface area contributed by atoms with Crippen molar-refractivity contribution in [2.24, 2.45) is 0 Å². The number of non-ortho nitro benzene ring substituents is 1. The van der Waals surface area contributed by atoms with Crippen LogP contribution in [0.3, 0.4) is 0 Å². The van der Waals surface area contributed by atoms with Gasteiger partial charge in [0.25, 0.3) is 17.5 Å². The molecule has 0 bridgehead atoms. The fourth-order valence-electron chi connectivity index (χ4n) is 1.90. The van der Waals surface area contributed by atoms with E-state index in [1.165, 1.54) is 43.5 Å². The Morgan fingerprint density at radius 1 is 1.15 bits per heavy atom. The van der Waals surface area contributed by atoms with E-state index in [9.17, 15) is 19.7 Å². The summed E-state index contributed by atoms with van der Waals surface area (Å²) in [5, 5.41) is 10.9. The Morgan fingerprint density at radius 3 is 2.46 bits per heavy atom. The molecule has 0 aliphatic carbocycles. The molecule has 0 atom stereocenters. The van der Waals surface area contributed by atoms with E-state index in [0.717, 1.165) is 0 Å². The molecule has 26 heavy (non-hydrogen) atoms. The Morgan fingerprint density at radius 2 is 1.85 bits per heavy atom. The minimum atomic E-state index is -0.627. The highest BCUT2D eigenvalue weighted by Crippen LogP contribution is 2.22. The van der Waals surface area contributed by atoms with Crippen LogP contribution in [0.4, 0.5) is 5.69 Å². The number of methoxy groups -OCH3 is 1. The van der Waals surface area contributed by atoms with Crippen molar-refractivity contribution in [1.29, 1.82) is 0 Å². The highest BCUT2D eigenvalue weighted by molar-refractivity contribution is 6.31. The quantitative estimate of drug-likeness (QED) is 0.585. The van der Waals surface area contributed by atoms with Crippen LogP contribution in [0.5, 0.6) is 11.5 Å². The molecule has 0 aliphatic heterocycles. The number of carbonyl (C=O) groups excluding carboxylic acids is 2. The third kappa shape index (κ3) is 5.08. The first-order valence-electron chi connectivity index (χ1n) is 7.20. The normalized spacial score (nSPS) is 9.92. The summed E-state index contributed by atoms with van der Waals surface area (Å²) in [7, 11) is 1.40. The first kappa shape index (κ1) is 19.0. The van der Waals surface area contributed by atoms with Crippen LogP contribution in [-0.2, 0) is 4.79 Å². The van der Waals surface area contributed by atoms with Gasteiger partial charge in [0.1, 0.15) is 11.5 Å². The van der Waals surface area contributed by atoms with Gasteiger partial charge >= 0.3 is 0 Å². The van der Waals surface area contributed by atoms with Crippen LogP contribution in [0.25, 0.3) is 0 Å². The minimum absolute atomic E-state index is 0.0930. The van der Waals surface area contributed by atoms with Crippen molar-refractivity contribution in [2.75, 3.05) is 13.7 Å². The summed E-state index contributed by atoms with van der Waals surface area (Å²) in [4.78, 5) is 33.8. The second-order valence-corrected chi connectivity index (χ2v) is 5.32. The Labute approximate surface area is 153 Å². The van der Waals surface area contributed by atoms with E-state index < -0.39 is 23.3 Å². The number of nitrogens with one attached hydrogen (secondary N) is 2. The third-order valence-electron chi connectivity index (χ3n) is 3.14. The second kappa shape index (κ2) is 8.67. The van der Waals surface area contributed by atoms with Gasteiger partial charge < -0.3 is 9.47 Å². The van der Waals surface area contributed by atoms with E-state index in [1.807, 2.05) is 0 Å². The Kier molecular flexibility index (Phi) is 6.34. The molecule has 9 nitrogen and oxygen atoms in total. The molecule has 0 heterocycles. The van der Waals surface area contributed by atoms with Gasteiger partial charge in [0.05, 0.1) is 17.6 Å². The molecule has 10 heteroatoms. The number of halogens is 1. The van der Waals surface area contributed by atoms with Crippen molar-refractivity contribution in [3.05, 3.63) is 63.2 Å². The largest absolute Gasteiger partial charge is 0.496 e. The van der Waals surface area contributed by atoms with E-state index in [0.29, 0.717) is 10.8 Å². The van der Waals surface area contributed by atoms with Crippen molar-refractivity contribution in [3.63, 3.8) is 0 Å². The predicted molar refractivity (Wildman–Crippen MR) is 92.2 cm³/mol. The van der Waals surface area contributed by atoms with Crippen molar-refractivity contribution in [2.45, 2.75) is 0 Å². The van der Waals surface area contributed by atoms with Crippen molar-refractivity contribution in [3.8, 4) is 11.5 Å². The molecular weight excluding hydrogens is 366 g/mol. The van der Waals surface area contributed by atoms with Gasteiger partial charge in [-0.2, -0.15) is 0 Å². The standard InChI is InChI=1S/C16H14ClN3O6/c1-25-14-7-2-10(17)8-13(14)16(22)19-18-15(21)9-26-12-5-3-11(4-6-12)20(23)24/h2-8H,9H2,1H3,(H,18,21)(H,19,22). The smallest absolute Gasteiger partial charge is 0.276 e. The van der Waals surface area contributed by atoms with Crippen molar-refractivity contribution >= 4 is 29.1 Å². The van der Waals surface area contributed by atoms with Crippen LogP contribution >= 0.6 is 11.6 Å². The lowest BCUT2D eigenvalue weighted by Crippen LogP contribution is -2.43. The zero-order chi connectivity index (χ0) is 19.1.